The lowest BCUT2D eigenvalue weighted by atomic mass is 9.84. The summed E-state index contributed by atoms with van der Waals surface area (Å²) in [6.45, 7) is 7.00. The van der Waals surface area contributed by atoms with Gasteiger partial charge in [-0.2, -0.15) is 5.10 Å². The highest BCUT2D eigenvalue weighted by Gasteiger charge is 2.44. The quantitative estimate of drug-likeness (QED) is 0.847. The highest BCUT2D eigenvalue weighted by atomic mass is 16.2. The fourth-order valence-corrected chi connectivity index (χ4v) is 4.73. The Kier molecular flexibility index (Phi) is 4.14. The predicted octanol–water partition coefficient (Wildman–Crippen LogP) is 4.07. The average molecular weight is 337 g/mol. The summed E-state index contributed by atoms with van der Waals surface area (Å²) in [5.74, 6) is 0.772. The van der Waals surface area contributed by atoms with Gasteiger partial charge >= 0.3 is 0 Å². The molecular formula is C21H27N3O. The van der Waals surface area contributed by atoms with Crippen molar-refractivity contribution in [3.05, 3.63) is 52.8 Å². The van der Waals surface area contributed by atoms with Crippen molar-refractivity contribution < 1.29 is 4.79 Å². The number of carbonyl (C=O) groups excluding carboxylic acids is 1. The molecule has 0 radical (unpaired) electrons. The van der Waals surface area contributed by atoms with Crippen LogP contribution in [0.25, 0.3) is 0 Å². The minimum Gasteiger partial charge on any atom is -0.333 e. The number of hydrogen-bond donors (Lipinski definition) is 0. The summed E-state index contributed by atoms with van der Waals surface area (Å²) in [6, 6.07) is 9.71. The van der Waals surface area contributed by atoms with E-state index in [4.69, 9.17) is 0 Å². The first-order valence-electron chi connectivity index (χ1n) is 9.50. The molecule has 0 saturated carbocycles. The fraction of sp³-hybridized carbons (Fsp3) is 0.524. The SMILES string of the molecule is CCn1ncc(C(=O)N2[C@@H]3CC[C@H]2CC(c2ccc(C)cc2)C3)c1C. The summed E-state index contributed by atoms with van der Waals surface area (Å²) in [5.41, 5.74) is 4.52. The Bertz CT molecular complexity index is 763. The minimum absolute atomic E-state index is 0.187. The second kappa shape index (κ2) is 6.32. The van der Waals surface area contributed by atoms with E-state index in [0.29, 0.717) is 18.0 Å². The van der Waals surface area contributed by atoms with Crippen LogP contribution < -0.4 is 0 Å². The molecule has 4 rings (SSSR count). The van der Waals surface area contributed by atoms with Gasteiger partial charge in [0.2, 0.25) is 0 Å². The zero-order valence-electron chi connectivity index (χ0n) is 15.4. The van der Waals surface area contributed by atoms with Gasteiger partial charge in [0.25, 0.3) is 5.91 Å². The van der Waals surface area contributed by atoms with Crippen molar-refractivity contribution in [1.82, 2.24) is 14.7 Å². The third-order valence-corrected chi connectivity index (χ3v) is 6.15. The van der Waals surface area contributed by atoms with Gasteiger partial charge in [-0.15, -0.1) is 0 Å². The first kappa shape index (κ1) is 16.4. The summed E-state index contributed by atoms with van der Waals surface area (Å²) in [4.78, 5) is 15.3. The van der Waals surface area contributed by atoms with Crippen LogP contribution in [0, 0.1) is 13.8 Å². The molecule has 1 aromatic carbocycles. The van der Waals surface area contributed by atoms with Gasteiger partial charge in [0.1, 0.15) is 0 Å². The first-order chi connectivity index (χ1) is 12.1. The number of nitrogens with zero attached hydrogens (tertiary/aromatic N) is 3. The molecule has 2 fully saturated rings. The van der Waals surface area contributed by atoms with Crippen LogP contribution in [0.15, 0.2) is 30.5 Å². The van der Waals surface area contributed by atoms with E-state index in [1.54, 1.807) is 6.20 Å². The number of amides is 1. The number of benzene rings is 1. The van der Waals surface area contributed by atoms with Gasteiger partial charge in [0.05, 0.1) is 11.8 Å². The monoisotopic (exact) mass is 337 g/mol. The molecule has 0 spiro atoms. The van der Waals surface area contributed by atoms with Crippen LogP contribution >= 0.6 is 0 Å². The van der Waals surface area contributed by atoms with Gasteiger partial charge in [-0.3, -0.25) is 9.48 Å². The molecule has 2 aromatic rings. The number of rotatable bonds is 3. The van der Waals surface area contributed by atoms with Crippen LogP contribution in [0.2, 0.25) is 0 Å². The second-order valence-electron chi connectivity index (χ2n) is 7.64. The van der Waals surface area contributed by atoms with Crippen molar-refractivity contribution in [3.8, 4) is 0 Å². The van der Waals surface area contributed by atoms with Crippen molar-refractivity contribution >= 4 is 5.91 Å². The Morgan fingerprint density at radius 3 is 2.32 bits per heavy atom. The standard InChI is InChI=1S/C21H27N3O/c1-4-23-15(3)20(13-22-23)21(25)24-18-9-10-19(24)12-17(11-18)16-7-5-14(2)6-8-16/h5-8,13,17-19H,4,9-12H2,1-3H3/t17?,18-,19+. The Hall–Kier alpha value is -2.10. The molecule has 4 nitrogen and oxygen atoms in total. The maximum absolute atomic E-state index is 13.2. The highest BCUT2D eigenvalue weighted by molar-refractivity contribution is 5.95. The van der Waals surface area contributed by atoms with Crippen molar-refractivity contribution in [2.75, 3.05) is 0 Å². The molecule has 0 N–H and O–H groups in total. The van der Waals surface area contributed by atoms with Gasteiger partial charge in [0.15, 0.2) is 0 Å². The summed E-state index contributed by atoms with van der Waals surface area (Å²) in [6.07, 6.45) is 6.21. The molecule has 0 aliphatic carbocycles. The topological polar surface area (TPSA) is 38.1 Å². The zero-order valence-corrected chi connectivity index (χ0v) is 15.4. The van der Waals surface area contributed by atoms with Crippen LogP contribution in [0.5, 0.6) is 0 Å². The number of aryl methyl sites for hydroxylation is 2. The van der Waals surface area contributed by atoms with Crippen molar-refractivity contribution in [3.63, 3.8) is 0 Å². The molecule has 4 heteroatoms. The second-order valence-corrected chi connectivity index (χ2v) is 7.64. The number of piperidine rings is 1. The Labute approximate surface area is 149 Å². The number of fused-ring (bicyclic) bond motifs is 2. The van der Waals surface area contributed by atoms with Crippen LogP contribution in [-0.2, 0) is 6.54 Å². The lowest BCUT2D eigenvalue weighted by Crippen LogP contribution is -2.46. The average Bonchev–Trinajstić information content (AvgIpc) is 3.11. The molecule has 1 amide bonds. The minimum atomic E-state index is 0.187. The largest absolute Gasteiger partial charge is 0.333 e. The van der Waals surface area contributed by atoms with Gasteiger partial charge in [-0.05, 0) is 57.9 Å². The smallest absolute Gasteiger partial charge is 0.257 e. The van der Waals surface area contributed by atoms with Gasteiger partial charge < -0.3 is 4.90 Å². The van der Waals surface area contributed by atoms with Crippen LogP contribution in [0.3, 0.4) is 0 Å². The molecule has 2 aliphatic heterocycles. The van der Waals surface area contributed by atoms with Gasteiger partial charge in [-0.25, -0.2) is 0 Å². The number of aromatic nitrogens is 2. The molecule has 3 atom stereocenters. The summed E-state index contributed by atoms with van der Waals surface area (Å²) >= 11 is 0. The number of hydrogen-bond acceptors (Lipinski definition) is 2. The van der Waals surface area contributed by atoms with Gasteiger partial charge in [0, 0.05) is 24.3 Å². The molecule has 3 heterocycles. The third kappa shape index (κ3) is 2.78. The highest BCUT2D eigenvalue weighted by Crippen LogP contribution is 2.43. The molecular weight excluding hydrogens is 310 g/mol. The molecule has 25 heavy (non-hydrogen) atoms. The predicted molar refractivity (Wildman–Crippen MR) is 98.8 cm³/mol. The van der Waals surface area contributed by atoms with Crippen LogP contribution in [-0.4, -0.2) is 32.7 Å². The summed E-state index contributed by atoms with van der Waals surface area (Å²) in [5, 5.41) is 4.36. The molecule has 2 saturated heterocycles. The van der Waals surface area contributed by atoms with E-state index in [-0.39, 0.29) is 5.91 Å². The van der Waals surface area contributed by atoms with E-state index in [2.05, 4.69) is 48.1 Å². The van der Waals surface area contributed by atoms with Crippen LogP contribution in [0.4, 0.5) is 0 Å². The van der Waals surface area contributed by atoms with Crippen molar-refractivity contribution in [1.29, 1.82) is 0 Å². The lowest BCUT2D eigenvalue weighted by molar-refractivity contribution is 0.0570. The molecule has 1 aromatic heterocycles. The van der Waals surface area contributed by atoms with E-state index in [0.717, 1.165) is 43.5 Å². The van der Waals surface area contributed by atoms with E-state index in [1.807, 2.05) is 11.6 Å². The maximum atomic E-state index is 13.2. The number of carbonyl (C=O) groups is 1. The van der Waals surface area contributed by atoms with Crippen LogP contribution in [0.1, 0.15) is 65.7 Å². The first-order valence-corrected chi connectivity index (χ1v) is 9.50. The molecule has 2 bridgehead atoms. The Morgan fingerprint density at radius 2 is 1.76 bits per heavy atom. The van der Waals surface area contributed by atoms with E-state index < -0.39 is 0 Å². The molecule has 132 valence electrons. The Balaban J connectivity index is 1.55. The summed E-state index contributed by atoms with van der Waals surface area (Å²) < 4.78 is 1.91. The van der Waals surface area contributed by atoms with E-state index >= 15 is 0 Å². The van der Waals surface area contributed by atoms with Gasteiger partial charge in [-0.1, -0.05) is 29.8 Å². The Morgan fingerprint density at radius 1 is 1.12 bits per heavy atom. The maximum Gasteiger partial charge on any atom is 0.257 e. The third-order valence-electron chi connectivity index (χ3n) is 6.15. The van der Waals surface area contributed by atoms with E-state index in [1.165, 1.54) is 11.1 Å². The van der Waals surface area contributed by atoms with E-state index in [9.17, 15) is 4.79 Å². The normalized spacial score (nSPS) is 25.4. The lowest BCUT2D eigenvalue weighted by Gasteiger charge is -2.39. The summed E-state index contributed by atoms with van der Waals surface area (Å²) in [7, 11) is 0. The van der Waals surface area contributed by atoms with Crippen molar-refractivity contribution in [2.45, 2.75) is 71.0 Å². The zero-order chi connectivity index (χ0) is 17.6. The fourth-order valence-electron chi connectivity index (χ4n) is 4.73. The van der Waals surface area contributed by atoms with Crippen molar-refractivity contribution in [2.24, 2.45) is 0 Å². The molecule has 2 aliphatic rings. The molecule has 1 unspecified atom stereocenters.